The van der Waals surface area contributed by atoms with E-state index in [9.17, 15) is 9.18 Å². The lowest BCUT2D eigenvalue weighted by Crippen LogP contribution is -2.37. The Hall–Kier alpha value is -2.21. The Balaban J connectivity index is 1.89. The highest BCUT2D eigenvalue weighted by atomic mass is 19.1. The van der Waals surface area contributed by atoms with E-state index in [-0.39, 0.29) is 11.7 Å². The second kappa shape index (κ2) is 8.06. The first-order valence-electron chi connectivity index (χ1n) is 8.09. The first-order valence-corrected chi connectivity index (χ1v) is 8.09. The van der Waals surface area contributed by atoms with Crippen LogP contribution in [0.1, 0.15) is 29.4 Å². The van der Waals surface area contributed by atoms with Gasteiger partial charge in [-0.3, -0.25) is 14.4 Å². The Kier molecular flexibility index (Phi) is 6.09. The molecule has 2 aromatic rings. The zero-order valence-electron chi connectivity index (χ0n) is 14.7. The van der Waals surface area contributed by atoms with Gasteiger partial charge >= 0.3 is 0 Å². The minimum absolute atomic E-state index is 0.0834. The van der Waals surface area contributed by atoms with E-state index in [2.05, 4.69) is 10.4 Å². The number of amides is 1. The number of aryl methyl sites for hydroxylation is 3. The number of likely N-dealkylation sites (N-methyl/N-ethyl adjacent to an activating group) is 1. The van der Waals surface area contributed by atoms with E-state index in [1.165, 1.54) is 12.1 Å². The summed E-state index contributed by atoms with van der Waals surface area (Å²) >= 11 is 0. The fourth-order valence-electron chi connectivity index (χ4n) is 2.77. The van der Waals surface area contributed by atoms with Gasteiger partial charge in [-0.2, -0.15) is 5.10 Å². The lowest BCUT2D eigenvalue weighted by molar-refractivity contribution is -0.125. The highest BCUT2D eigenvalue weighted by Gasteiger charge is 2.22. The lowest BCUT2D eigenvalue weighted by Gasteiger charge is -2.24. The predicted molar refractivity (Wildman–Crippen MR) is 92.2 cm³/mol. The van der Waals surface area contributed by atoms with E-state index >= 15 is 0 Å². The predicted octanol–water partition coefficient (Wildman–Crippen LogP) is 2.45. The van der Waals surface area contributed by atoms with Crippen LogP contribution in [-0.2, 0) is 11.3 Å². The molecule has 1 heterocycles. The number of nitrogens with zero attached hydrogens (tertiary/aromatic N) is 3. The van der Waals surface area contributed by atoms with Crippen molar-refractivity contribution in [2.75, 3.05) is 20.6 Å². The standard InChI is InChI=1S/C18H25FN4O/c1-13-12-14(2)23(21-13)11-5-10-20-18(24)17(22(3)4)15-6-8-16(19)9-7-15/h6-9,12,17H,5,10-11H2,1-4H3,(H,20,24)/t17-/m1/s1. The smallest absolute Gasteiger partial charge is 0.241 e. The van der Waals surface area contributed by atoms with Gasteiger partial charge in [0, 0.05) is 18.8 Å². The van der Waals surface area contributed by atoms with E-state index in [4.69, 9.17) is 0 Å². The van der Waals surface area contributed by atoms with Crippen molar-refractivity contribution in [2.45, 2.75) is 32.9 Å². The molecule has 1 atom stereocenters. The third kappa shape index (κ3) is 4.64. The quantitative estimate of drug-likeness (QED) is 0.793. The van der Waals surface area contributed by atoms with Crippen molar-refractivity contribution in [3.05, 3.63) is 53.1 Å². The maximum atomic E-state index is 13.1. The Morgan fingerprint density at radius 2 is 1.96 bits per heavy atom. The van der Waals surface area contributed by atoms with Crippen LogP contribution in [0, 0.1) is 19.7 Å². The van der Waals surface area contributed by atoms with Gasteiger partial charge in [0.25, 0.3) is 0 Å². The zero-order chi connectivity index (χ0) is 17.7. The number of carbonyl (C=O) groups excluding carboxylic acids is 1. The third-order valence-electron chi connectivity index (χ3n) is 3.90. The molecule has 6 heteroatoms. The Labute approximate surface area is 142 Å². The van der Waals surface area contributed by atoms with Crippen LogP contribution in [0.5, 0.6) is 0 Å². The van der Waals surface area contributed by atoms with Crippen molar-refractivity contribution >= 4 is 5.91 Å². The Morgan fingerprint density at radius 3 is 2.50 bits per heavy atom. The molecule has 0 saturated heterocycles. The number of carbonyl (C=O) groups is 1. The second-order valence-corrected chi connectivity index (χ2v) is 6.21. The molecule has 0 spiro atoms. The molecule has 0 bridgehead atoms. The molecule has 1 N–H and O–H groups in total. The van der Waals surface area contributed by atoms with Gasteiger partial charge in [0.05, 0.1) is 5.69 Å². The first-order chi connectivity index (χ1) is 11.4. The molecule has 1 aromatic heterocycles. The molecule has 1 amide bonds. The van der Waals surface area contributed by atoms with Crippen molar-refractivity contribution in [2.24, 2.45) is 0 Å². The van der Waals surface area contributed by atoms with Crippen LogP contribution in [-0.4, -0.2) is 41.2 Å². The summed E-state index contributed by atoms with van der Waals surface area (Å²) in [5.74, 6) is -0.387. The SMILES string of the molecule is Cc1cc(C)n(CCCNC(=O)[C@@H](c2ccc(F)cc2)N(C)C)n1. The monoisotopic (exact) mass is 332 g/mol. The summed E-state index contributed by atoms with van der Waals surface area (Å²) < 4.78 is 15.0. The summed E-state index contributed by atoms with van der Waals surface area (Å²) in [4.78, 5) is 14.3. The molecule has 0 unspecified atom stereocenters. The highest BCUT2D eigenvalue weighted by Crippen LogP contribution is 2.18. The van der Waals surface area contributed by atoms with Gasteiger partial charge < -0.3 is 5.32 Å². The van der Waals surface area contributed by atoms with Crippen LogP contribution in [0.2, 0.25) is 0 Å². The minimum atomic E-state index is -0.431. The topological polar surface area (TPSA) is 50.2 Å². The molecule has 130 valence electrons. The van der Waals surface area contributed by atoms with Crippen molar-refractivity contribution in [1.82, 2.24) is 20.0 Å². The number of hydrogen-bond acceptors (Lipinski definition) is 3. The maximum absolute atomic E-state index is 13.1. The average molecular weight is 332 g/mol. The fraction of sp³-hybridized carbons (Fsp3) is 0.444. The van der Waals surface area contributed by atoms with Gasteiger partial charge in [0.2, 0.25) is 5.91 Å². The second-order valence-electron chi connectivity index (χ2n) is 6.21. The molecule has 0 fully saturated rings. The van der Waals surface area contributed by atoms with Gasteiger partial charge in [-0.1, -0.05) is 12.1 Å². The fourth-order valence-corrected chi connectivity index (χ4v) is 2.77. The molecule has 5 nitrogen and oxygen atoms in total. The van der Waals surface area contributed by atoms with Crippen LogP contribution in [0.15, 0.2) is 30.3 Å². The molecule has 0 aliphatic heterocycles. The summed E-state index contributed by atoms with van der Waals surface area (Å²) in [6.45, 7) is 5.33. The van der Waals surface area contributed by atoms with Crippen LogP contribution in [0.25, 0.3) is 0 Å². The van der Waals surface area contributed by atoms with Gasteiger partial charge in [0.1, 0.15) is 11.9 Å². The zero-order valence-corrected chi connectivity index (χ0v) is 14.7. The summed E-state index contributed by atoms with van der Waals surface area (Å²) in [6.07, 6.45) is 0.803. The third-order valence-corrected chi connectivity index (χ3v) is 3.90. The number of rotatable bonds is 7. The van der Waals surface area contributed by atoms with Gasteiger partial charge in [-0.25, -0.2) is 4.39 Å². The van der Waals surface area contributed by atoms with E-state index in [0.29, 0.717) is 6.54 Å². The van der Waals surface area contributed by atoms with E-state index in [1.807, 2.05) is 43.6 Å². The number of benzene rings is 1. The van der Waals surface area contributed by atoms with Crippen molar-refractivity contribution in [1.29, 1.82) is 0 Å². The largest absolute Gasteiger partial charge is 0.354 e. The molecule has 0 radical (unpaired) electrons. The summed E-state index contributed by atoms with van der Waals surface area (Å²) in [5.41, 5.74) is 2.90. The summed E-state index contributed by atoms with van der Waals surface area (Å²) in [7, 11) is 3.67. The van der Waals surface area contributed by atoms with Crippen LogP contribution >= 0.6 is 0 Å². The van der Waals surface area contributed by atoms with Crippen LogP contribution in [0.3, 0.4) is 0 Å². The van der Waals surface area contributed by atoms with Crippen molar-refractivity contribution < 1.29 is 9.18 Å². The van der Waals surface area contributed by atoms with E-state index in [0.717, 1.165) is 29.9 Å². The van der Waals surface area contributed by atoms with E-state index < -0.39 is 6.04 Å². The number of aromatic nitrogens is 2. The summed E-state index contributed by atoms with van der Waals surface area (Å²) in [6, 6.07) is 7.66. The minimum Gasteiger partial charge on any atom is -0.354 e. The molecule has 0 aliphatic carbocycles. The Bertz CT molecular complexity index is 679. The maximum Gasteiger partial charge on any atom is 0.241 e. The molecule has 0 saturated carbocycles. The van der Waals surface area contributed by atoms with Gasteiger partial charge in [-0.05, 0) is 58.1 Å². The number of nitrogens with one attached hydrogen (secondary N) is 1. The molecular formula is C18H25FN4O. The molecule has 24 heavy (non-hydrogen) atoms. The Morgan fingerprint density at radius 1 is 1.29 bits per heavy atom. The molecule has 0 aliphatic rings. The van der Waals surface area contributed by atoms with Gasteiger partial charge in [0.15, 0.2) is 0 Å². The van der Waals surface area contributed by atoms with Crippen molar-refractivity contribution in [3.63, 3.8) is 0 Å². The summed E-state index contributed by atoms with van der Waals surface area (Å²) in [5, 5.41) is 7.36. The number of halogens is 1. The molecule has 1 aromatic carbocycles. The highest BCUT2D eigenvalue weighted by molar-refractivity contribution is 5.83. The van der Waals surface area contributed by atoms with Crippen molar-refractivity contribution in [3.8, 4) is 0 Å². The van der Waals surface area contributed by atoms with Gasteiger partial charge in [-0.15, -0.1) is 0 Å². The van der Waals surface area contributed by atoms with Crippen LogP contribution < -0.4 is 5.32 Å². The lowest BCUT2D eigenvalue weighted by atomic mass is 10.1. The normalized spacial score (nSPS) is 12.4. The molecular weight excluding hydrogens is 307 g/mol. The van der Waals surface area contributed by atoms with E-state index in [1.54, 1.807) is 12.1 Å². The molecule has 2 rings (SSSR count). The number of hydrogen-bond donors (Lipinski definition) is 1. The van der Waals surface area contributed by atoms with Crippen LogP contribution in [0.4, 0.5) is 4.39 Å². The average Bonchev–Trinajstić information content (AvgIpc) is 2.83. The first kappa shape index (κ1) is 18.1.